The minimum atomic E-state index is 0.134. The molecular formula is C14H16BrNO. The molecule has 1 unspecified atom stereocenters. The van der Waals surface area contributed by atoms with Gasteiger partial charge in [-0.3, -0.25) is 4.79 Å². The van der Waals surface area contributed by atoms with Gasteiger partial charge >= 0.3 is 0 Å². The second-order valence-electron chi connectivity index (χ2n) is 4.40. The number of hydrogen-bond acceptors (Lipinski definition) is 1. The van der Waals surface area contributed by atoms with E-state index < -0.39 is 0 Å². The quantitative estimate of drug-likeness (QED) is 0.834. The van der Waals surface area contributed by atoms with Crippen LogP contribution >= 0.6 is 15.9 Å². The Labute approximate surface area is 110 Å². The molecular weight excluding hydrogens is 278 g/mol. The molecule has 17 heavy (non-hydrogen) atoms. The second kappa shape index (κ2) is 5.05. The average molecular weight is 294 g/mol. The Balaban J connectivity index is 2.34. The van der Waals surface area contributed by atoms with Crippen LogP contribution in [0.5, 0.6) is 0 Å². The van der Waals surface area contributed by atoms with E-state index in [9.17, 15) is 4.79 Å². The number of ketones is 1. The van der Waals surface area contributed by atoms with Crippen LogP contribution in [0.25, 0.3) is 10.9 Å². The van der Waals surface area contributed by atoms with E-state index in [1.165, 1.54) is 0 Å². The Morgan fingerprint density at radius 1 is 1.41 bits per heavy atom. The van der Waals surface area contributed by atoms with Gasteiger partial charge in [-0.15, -0.1) is 0 Å². The van der Waals surface area contributed by atoms with Crippen LogP contribution < -0.4 is 0 Å². The van der Waals surface area contributed by atoms with Crippen LogP contribution in [0.4, 0.5) is 0 Å². The number of hydrogen-bond donors (Lipinski definition) is 0. The van der Waals surface area contributed by atoms with Gasteiger partial charge in [-0.1, -0.05) is 32.0 Å². The topological polar surface area (TPSA) is 22.0 Å². The molecule has 0 aliphatic rings. The van der Waals surface area contributed by atoms with Gasteiger partial charge in [0, 0.05) is 27.5 Å². The summed E-state index contributed by atoms with van der Waals surface area (Å²) >= 11 is 3.53. The molecule has 0 aliphatic carbocycles. The first-order valence-corrected chi connectivity index (χ1v) is 6.69. The lowest BCUT2D eigenvalue weighted by atomic mass is 10.0. The molecule has 2 nitrogen and oxygen atoms in total. The zero-order valence-electron chi connectivity index (χ0n) is 10.1. The van der Waals surface area contributed by atoms with Crippen LogP contribution in [0.1, 0.15) is 20.3 Å². The highest BCUT2D eigenvalue weighted by Gasteiger charge is 2.13. The first kappa shape index (κ1) is 12.4. The maximum absolute atomic E-state index is 12.0. The van der Waals surface area contributed by atoms with Gasteiger partial charge in [0.2, 0.25) is 0 Å². The summed E-state index contributed by atoms with van der Waals surface area (Å²) in [5, 5.41) is 1.16. The highest BCUT2D eigenvalue weighted by molar-refractivity contribution is 9.10. The minimum absolute atomic E-state index is 0.134. The normalized spacial score (nSPS) is 12.9. The Hall–Kier alpha value is -1.09. The zero-order valence-corrected chi connectivity index (χ0v) is 11.7. The number of carbonyl (C=O) groups excluding carboxylic acids is 1. The summed E-state index contributed by atoms with van der Waals surface area (Å²) in [7, 11) is 0. The van der Waals surface area contributed by atoms with Crippen LogP contribution in [-0.2, 0) is 11.3 Å². The van der Waals surface area contributed by atoms with E-state index >= 15 is 0 Å². The molecule has 0 saturated heterocycles. The fraction of sp³-hybridized carbons (Fsp3) is 0.357. The molecule has 0 amide bonds. The number of Topliss-reactive ketones (excluding diaryl/α,β-unsaturated/α-hetero) is 1. The lowest BCUT2D eigenvalue weighted by Gasteiger charge is -2.09. The molecule has 2 aromatic rings. The van der Waals surface area contributed by atoms with E-state index in [1.54, 1.807) is 0 Å². The second-order valence-corrected chi connectivity index (χ2v) is 5.25. The van der Waals surface area contributed by atoms with Crippen molar-refractivity contribution < 1.29 is 4.79 Å². The van der Waals surface area contributed by atoms with Crippen molar-refractivity contribution in [3.63, 3.8) is 0 Å². The zero-order chi connectivity index (χ0) is 12.4. The molecule has 2 rings (SSSR count). The highest BCUT2D eigenvalue weighted by Crippen LogP contribution is 2.26. The molecule has 1 aromatic heterocycles. The Morgan fingerprint density at radius 2 is 2.12 bits per heavy atom. The van der Waals surface area contributed by atoms with Gasteiger partial charge in [0.1, 0.15) is 0 Å². The standard InChI is InChI=1S/C14H16BrNO/c1-3-10(2)14(17)9-16-8-12(15)11-6-4-5-7-13(11)16/h4-8,10H,3,9H2,1-2H3. The van der Waals surface area contributed by atoms with Crippen LogP contribution in [0, 0.1) is 5.92 Å². The van der Waals surface area contributed by atoms with Gasteiger partial charge in [0.15, 0.2) is 5.78 Å². The lowest BCUT2D eigenvalue weighted by molar-refractivity contribution is -0.122. The van der Waals surface area contributed by atoms with Crippen LogP contribution in [0.3, 0.4) is 0 Å². The van der Waals surface area contributed by atoms with Gasteiger partial charge < -0.3 is 4.57 Å². The van der Waals surface area contributed by atoms with Gasteiger partial charge in [0.05, 0.1) is 6.54 Å². The van der Waals surface area contributed by atoms with Crippen LogP contribution in [0.2, 0.25) is 0 Å². The lowest BCUT2D eigenvalue weighted by Crippen LogP contribution is -2.16. The molecule has 3 heteroatoms. The maximum Gasteiger partial charge on any atom is 0.155 e. The van der Waals surface area contributed by atoms with Crippen molar-refractivity contribution in [3.05, 3.63) is 34.9 Å². The van der Waals surface area contributed by atoms with E-state index in [2.05, 4.69) is 22.0 Å². The van der Waals surface area contributed by atoms with Crippen molar-refractivity contribution in [2.75, 3.05) is 0 Å². The molecule has 0 N–H and O–H groups in total. The van der Waals surface area contributed by atoms with Gasteiger partial charge in [0.25, 0.3) is 0 Å². The molecule has 1 aromatic carbocycles. The van der Waals surface area contributed by atoms with Crippen molar-refractivity contribution in [3.8, 4) is 0 Å². The molecule has 0 fully saturated rings. The number of nitrogens with zero attached hydrogens (tertiary/aromatic N) is 1. The number of para-hydroxylation sites is 1. The molecule has 0 spiro atoms. The summed E-state index contributed by atoms with van der Waals surface area (Å²) in [6, 6.07) is 8.11. The number of halogens is 1. The Bertz CT molecular complexity index is 544. The van der Waals surface area contributed by atoms with Gasteiger partial charge in [-0.2, -0.15) is 0 Å². The summed E-state index contributed by atoms with van der Waals surface area (Å²) < 4.78 is 3.07. The summed E-state index contributed by atoms with van der Waals surface area (Å²) in [5.41, 5.74) is 1.11. The smallest absolute Gasteiger partial charge is 0.155 e. The van der Waals surface area contributed by atoms with E-state index in [0.29, 0.717) is 12.3 Å². The number of carbonyl (C=O) groups is 1. The average Bonchev–Trinajstić information content (AvgIpc) is 2.66. The summed E-state index contributed by atoms with van der Waals surface area (Å²) in [6.07, 6.45) is 2.89. The number of benzene rings is 1. The van der Waals surface area contributed by atoms with E-state index in [4.69, 9.17) is 0 Å². The molecule has 0 radical (unpaired) electrons. The third-order valence-electron chi connectivity index (χ3n) is 3.23. The fourth-order valence-electron chi connectivity index (χ4n) is 1.88. The molecule has 90 valence electrons. The molecule has 1 atom stereocenters. The Morgan fingerprint density at radius 3 is 2.82 bits per heavy atom. The van der Waals surface area contributed by atoms with Crippen molar-refractivity contribution in [1.29, 1.82) is 0 Å². The first-order chi connectivity index (χ1) is 8.13. The van der Waals surface area contributed by atoms with Gasteiger partial charge in [-0.05, 0) is 28.4 Å². The molecule has 0 bridgehead atoms. The predicted octanol–water partition coefficient (Wildman–Crippen LogP) is 4.02. The fourth-order valence-corrected chi connectivity index (χ4v) is 2.47. The minimum Gasteiger partial charge on any atom is -0.339 e. The van der Waals surface area contributed by atoms with Crippen molar-refractivity contribution in [2.24, 2.45) is 5.92 Å². The third-order valence-corrected chi connectivity index (χ3v) is 3.86. The van der Waals surface area contributed by atoms with E-state index in [-0.39, 0.29) is 5.92 Å². The first-order valence-electron chi connectivity index (χ1n) is 5.89. The SMILES string of the molecule is CCC(C)C(=O)Cn1cc(Br)c2ccccc21. The molecule has 1 heterocycles. The summed E-state index contributed by atoms with van der Waals surface area (Å²) in [6.45, 7) is 4.50. The number of aromatic nitrogens is 1. The Kier molecular flexibility index (Phi) is 3.67. The van der Waals surface area contributed by atoms with Crippen molar-refractivity contribution in [2.45, 2.75) is 26.8 Å². The summed E-state index contributed by atoms with van der Waals surface area (Å²) in [5.74, 6) is 0.427. The van der Waals surface area contributed by atoms with Crippen LogP contribution in [0.15, 0.2) is 34.9 Å². The third kappa shape index (κ3) is 2.44. The monoisotopic (exact) mass is 293 g/mol. The largest absolute Gasteiger partial charge is 0.339 e. The maximum atomic E-state index is 12.0. The van der Waals surface area contributed by atoms with Crippen molar-refractivity contribution in [1.82, 2.24) is 4.57 Å². The van der Waals surface area contributed by atoms with E-state index in [1.807, 2.05) is 42.8 Å². The van der Waals surface area contributed by atoms with E-state index in [0.717, 1.165) is 21.8 Å². The highest BCUT2D eigenvalue weighted by atomic mass is 79.9. The number of fused-ring (bicyclic) bond motifs is 1. The summed E-state index contributed by atoms with van der Waals surface area (Å²) in [4.78, 5) is 12.0. The number of rotatable bonds is 4. The van der Waals surface area contributed by atoms with Gasteiger partial charge in [-0.25, -0.2) is 0 Å². The van der Waals surface area contributed by atoms with Crippen LogP contribution in [-0.4, -0.2) is 10.4 Å². The predicted molar refractivity (Wildman–Crippen MR) is 74.1 cm³/mol. The van der Waals surface area contributed by atoms with Crippen molar-refractivity contribution >= 4 is 32.6 Å². The molecule has 0 aliphatic heterocycles. The molecule has 0 saturated carbocycles.